The zero-order chi connectivity index (χ0) is 12.5. The maximum absolute atomic E-state index is 9.63. The molecule has 0 saturated carbocycles. The second-order valence-corrected chi connectivity index (χ2v) is 4.13. The summed E-state index contributed by atoms with van der Waals surface area (Å²) in [5.41, 5.74) is 0.931. The maximum atomic E-state index is 9.63. The normalized spacial score (nSPS) is 12.4. The minimum Gasteiger partial charge on any atom is -0.494 e. The van der Waals surface area contributed by atoms with Gasteiger partial charge in [0.15, 0.2) is 0 Å². The molecule has 1 aromatic rings. The summed E-state index contributed by atoms with van der Waals surface area (Å²) in [5, 5.41) is 18.3. The monoisotopic (exact) mass is 238 g/mol. The molecule has 1 aromatic carbocycles. The summed E-state index contributed by atoms with van der Waals surface area (Å²) in [7, 11) is 0. The lowest BCUT2D eigenvalue weighted by Crippen LogP contribution is -1.99. The number of hydrogen-bond acceptors (Lipinski definition) is 3. The third-order valence-electron chi connectivity index (χ3n) is 2.72. The lowest BCUT2D eigenvalue weighted by Gasteiger charge is -2.10. The van der Waals surface area contributed by atoms with Crippen LogP contribution in [0.25, 0.3) is 0 Å². The highest BCUT2D eigenvalue weighted by Crippen LogP contribution is 2.19. The minimum atomic E-state index is -0.381. The van der Waals surface area contributed by atoms with E-state index in [9.17, 15) is 5.11 Å². The van der Waals surface area contributed by atoms with Crippen molar-refractivity contribution in [2.75, 3.05) is 13.2 Å². The summed E-state index contributed by atoms with van der Waals surface area (Å²) >= 11 is 0. The van der Waals surface area contributed by atoms with E-state index in [1.807, 2.05) is 31.2 Å². The van der Waals surface area contributed by atoms with Gasteiger partial charge in [0.25, 0.3) is 0 Å². The van der Waals surface area contributed by atoms with Gasteiger partial charge in [0.2, 0.25) is 0 Å². The predicted molar refractivity (Wildman–Crippen MR) is 68.1 cm³/mol. The van der Waals surface area contributed by atoms with Gasteiger partial charge in [0, 0.05) is 6.61 Å². The van der Waals surface area contributed by atoms with Gasteiger partial charge in [-0.3, -0.25) is 0 Å². The van der Waals surface area contributed by atoms with Crippen LogP contribution >= 0.6 is 0 Å². The molecule has 17 heavy (non-hydrogen) atoms. The predicted octanol–water partition coefficient (Wildman–Crippen LogP) is 2.67. The molecule has 0 saturated heterocycles. The van der Waals surface area contributed by atoms with Crippen LogP contribution in [0.15, 0.2) is 24.3 Å². The molecule has 0 radical (unpaired) electrons. The van der Waals surface area contributed by atoms with Gasteiger partial charge < -0.3 is 14.9 Å². The van der Waals surface area contributed by atoms with Crippen molar-refractivity contribution in [2.45, 2.75) is 38.7 Å². The number of ether oxygens (including phenoxy) is 1. The average molecular weight is 238 g/mol. The summed E-state index contributed by atoms with van der Waals surface area (Å²) in [4.78, 5) is 0. The van der Waals surface area contributed by atoms with Gasteiger partial charge in [-0.05, 0) is 43.4 Å². The third kappa shape index (κ3) is 5.20. The Bertz CT molecular complexity index is 295. The molecule has 0 aromatic heterocycles. The Morgan fingerprint density at radius 2 is 1.82 bits per heavy atom. The molecule has 1 rings (SSSR count). The molecular formula is C14H22O3. The summed E-state index contributed by atoms with van der Waals surface area (Å²) < 4.78 is 5.56. The summed E-state index contributed by atoms with van der Waals surface area (Å²) in [6, 6.07) is 7.58. The number of aliphatic hydroxyl groups excluding tert-OH is 2. The van der Waals surface area contributed by atoms with E-state index in [0.717, 1.165) is 37.0 Å². The van der Waals surface area contributed by atoms with E-state index in [4.69, 9.17) is 9.84 Å². The second kappa shape index (κ2) is 8.09. The molecule has 0 aliphatic heterocycles. The van der Waals surface area contributed by atoms with Crippen LogP contribution in [0.3, 0.4) is 0 Å². The lowest BCUT2D eigenvalue weighted by atomic mass is 10.1. The average Bonchev–Trinajstić information content (AvgIpc) is 2.38. The first-order valence-corrected chi connectivity index (χ1v) is 6.29. The van der Waals surface area contributed by atoms with Gasteiger partial charge in [-0.1, -0.05) is 19.1 Å². The fourth-order valence-corrected chi connectivity index (χ4v) is 1.60. The van der Waals surface area contributed by atoms with Crippen molar-refractivity contribution in [2.24, 2.45) is 0 Å². The highest BCUT2D eigenvalue weighted by atomic mass is 16.5. The zero-order valence-electron chi connectivity index (χ0n) is 10.4. The lowest BCUT2D eigenvalue weighted by molar-refractivity contribution is 0.173. The highest BCUT2D eigenvalue weighted by Gasteiger charge is 2.04. The molecule has 1 atom stereocenters. The summed E-state index contributed by atoms with van der Waals surface area (Å²) in [6.45, 7) is 2.88. The van der Waals surface area contributed by atoms with Crippen LogP contribution < -0.4 is 4.74 Å². The Morgan fingerprint density at radius 1 is 1.12 bits per heavy atom. The molecule has 0 spiro atoms. The second-order valence-electron chi connectivity index (χ2n) is 4.13. The Labute approximate surface area is 103 Å². The molecule has 0 bridgehead atoms. The van der Waals surface area contributed by atoms with E-state index in [0.29, 0.717) is 6.61 Å². The van der Waals surface area contributed by atoms with Gasteiger partial charge in [-0.2, -0.15) is 0 Å². The van der Waals surface area contributed by atoms with E-state index < -0.39 is 0 Å². The van der Waals surface area contributed by atoms with E-state index in [1.54, 1.807) is 0 Å². The third-order valence-corrected chi connectivity index (χ3v) is 2.72. The van der Waals surface area contributed by atoms with E-state index in [-0.39, 0.29) is 12.7 Å². The molecule has 0 heterocycles. The van der Waals surface area contributed by atoms with Gasteiger partial charge in [-0.15, -0.1) is 0 Å². The van der Waals surface area contributed by atoms with Crippen molar-refractivity contribution >= 4 is 0 Å². The van der Waals surface area contributed by atoms with E-state index in [2.05, 4.69) is 0 Å². The van der Waals surface area contributed by atoms with Crippen LogP contribution in [0, 0.1) is 0 Å². The Balaban J connectivity index is 2.30. The number of hydrogen-bond donors (Lipinski definition) is 2. The van der Waals surface area contributed by atoms with Crippen molar-refractivity contribution in [3.8, 4) is 5.75 Å². The molecular weight excluding hydrogens is 216 g/mol. The summed E-state index contributed by atoms with van der Waals surface area (Å²) in [5.74, 6) is 0.834. The van der Waals surface area contributed by atoms with Crippen LogP contribution in [-0.4, -0.2) is 23.4 Å². The minimum absolute atomic E-state index is 0.254. The number of aliphatic hydroxyl groups is 2. The van der Waals surface area contributed by atoms with Crippen molar-refractivity contribution in [3.63, 3.8) is 0 Å². The standard InChI is InChI=1S/C14H22O3/c1-2-14(16)12-6-8-13(9-7-12)17-11-5-3-4-10-15/h6-9,14-16H,2-5,10-11H2,1H3/t14-/m0/s1. The first-order valence-electron chi connectivity index (χ1n) is 6.29. The van der Waals surface area contributed by atoms with Gasteiger partial charge >= 0.3 is 0 Å². The van der Waals surface area contributed by atoms with Crippen molar-refractivity contribution < 1.29 is 14.9 Å². The van der Waals surface area contributed by atoms with Gasteiger partial charge in [0.1, 0.15) is 5.75 Å². The van der Waals surface area contributed by atoms with Gasteiger partial charge in [0.05, 0.1) is 12.7 Å². The van der Waals surface area contributed by atoms with E-state index >= 15 is 0 Å². The number of rotatable bonds is 8. The molecule has 0 fully saturated rings. The first kappa shape index (κ1) is 14.0. The fourth-order valence-electron chi connectivity index (χ4n) is 1.60. The van der Waals surface area contributed by atoms with Crippen LogP contribution in [0.2, 0.25) is 0 Å². The highest BCUT2D eigenvalue weighted by molar-refractivity contribution is 5.28. The summed E-state index contributed by atoms with van der Waals surface area (Å²) in [6.07, 6.45) is 3.13. The maximum Gasteiger partial charge on any atom is 0.119 e. The van der Waals surface area contributed by atoms with Crippen LogP contribution in [0.4, 0.5) is 0 Å². The Morgan fingerprint density at radius 3 is 2.41 bits per heavy atom. The van der Waals surface area contributed by atoms with Crippen LogP contribution in [0.1, 0.15) is 44.3 Å². The van der Waals surface area contributed by atoms with Crippen LogP contribution in [0.5, 0.6) is 5.75 Å². The smallest absolute Gasteiger partial charge is 0.119 e. The first-order chi connectivity index (χ1) is 8.27. The van der Waals surface area contributed by atoms with Crippen molar-refractivity contribution in [1.29, 1.82) is 0 Å². The molecule has 3 heteroatoms. The fraction of sp³-hybridized carbons (Fsp3) is 0.571. The number of unbranched alkanes of at least 4 members (excludes halogenated alkanes) is 2. The van der Waals surface area contributed by atoms with Crippen molar-refractivity contribution in [1.82, 2.24) is 0 Å². The van der Waals surface area contributed by atoms with Gasteiger partial charge in [-0.25, -0.2) is 0 Å². The Kier molecular flexibility index (Phi) is 6.67. The molecule has 0 aliphatic carbocycles. The van der Waals surface area contributed by atoms with E-state index in [1.165, 1.54) is 0 Å². The zero-order valence-corrected chi connectivity index (χ0v) is 10.4. The number of benzene rings is 1. The Hall–Kier alpha value is -1.06. The molecule has 2 N–H and O–H groups in total. The van der Waals surface area contributed by atoms with Crippen molar-refractivity contribution in [3.05, 3.63) is 29.8 Å². The van der Waals surface area contributed by atoms with Crippen LogP contribution in [-0.2, 0) is 0 Å². The SMILES string of the molecule is CC[C@H](O)c1ccc(OCCCCCO)cc1. The molecule has 96 valence electrons. The molecule has 0 unspecified atom stereocenters. The largest absolute Gasteiger partial charge is 0.494 e. The molecule has 0 amide bonds. The topological polar surface area (TPSA) is 49.7 Å². The molecule has 3 nitrogen and oxygen atoms in total. The quantitative estimate of drug-likeness (QED) is 0.685. The molecule has 0 aliphatic rings.